The molecule has 1 aromatic heterocycles. The predicted octanol–water partition coefficient (Wildman–Crippen LogP) is 1.76. The zero-order valence-electron chi connectivity index (χ0n) is 15.9. The van der Waals surface area contributed by atoms with Gasteiger partial charge in [-0.2, -0.15) is 4.31 Å². The lowest BCUT2D eigenvalue weighted by Crippen LogP contribution is -2.52. The smallest absolute Gasteiger partial charge is 0.354 e. The molecule has 1 aliphatic carbocycles. The lowest BCUT2D eigenvalue weighted by atomic mass is 9.94. The third-order valence-corrected chi connectivity index (χ3v) is 7.88. The Labute approximate surface area is 156 Å². The Morgan fingerprint density at radius 1 is 1.12 bits per heavy atom. The van der Waals surface area contributed by atoms with Crippen LogP contribution >= 0.6 is 0 Å². The molecule has 0 amide bonds. The van der Waals surface area contributed by atoms with Gasteiger partial charge >= 0.3 is 5.97 Å². The Morgan fingerprint density at radius 3 is 2.31 bits per heavy atom. The van der Waals surface area contributed by atoms with Gasteiger partial charge in [0.05, 0.1) is 7.11 Å². The van der Waals surface area contributed by atoms with Crippen LogP contribution in [0.4, 0.5) is 0 Å². The molecule has 1 aliphatic heterocycles. The van der Waals surface area contributed by atoms with Gasteiger partial charge in [-0.15, -0.1) is 0 Å². The maximum Gasteiger partial charge on any atom is 0.354 e. The van der Waals surface area contributed by atoms with Crippen molar-refractivity contribution in [3.05, 3.63) is 17.5 Å². The Balaban J connectivity index is 1.74. The first-order valence-electron chi connectivity index (χ1n) is 9.35. The van der Waals surface area contributed by atoms with E-state index in [0.29, 0.717) is 24.8 Å². The van der Waals surface area contributed by atoms with Crippen LogP contribution in [-0.2, 0) is 21.8 Å². The maximum absolute atomic E-state index is 13.1. The highest BCUT2D eigenvalue weighted by Crippen LogP contribution is 2.27. The highest BCUT2D eigenvalue weighted by molar-refractivity contribution is 7.89. The molecule has 7 nitrogen and oxygen atoms in total. The highest BCUT2D eigenvalue weighted by Gasteiger charge is 2.34. The summed E-state index contributed by atoms with van der Waals surface area (Å²) in [6.45, 7) is 4.28. The van der Waals surface area contributed by atoms with E-state index in [1.165, 1.54) is 45.3 Å². The summed E-state index contributed by atoms with van der Waals surface area (Å²) in [4.78, 5) is 14.5. The van der Waals surface area contributed by atoms with Gasteiger partial charge in [-0.1, -0.05) is 19.3 Å². The average molecular weight is 384 g/mol. The van der Waals surface area contributed by atoms with E-state index >= 15 is 0 Å². The van der Waals surface area contributed by atoms with Crippen molar-refractivity contribution < 1.29 is 17.9 Å². The fourth-order valence-electron chi connectivity index (χ4n) is 4.13. The Kier molecular flexibility index (Phi) is 5.74. The summed E-state index contributed by atoms with van der Waals surface area (Å²) in [6, 6.07) is 2.04. The summed E-state index contributed by atoms with van der Waals surface area (Å²) in [5, 5.41) is 0. The van der Waals surface area contributed by atoms with Crippen LogP contribution in [0.5, 0.6) is 0 Å². The van der Waals surface area contributed by atoms with Crippen LogP contribution in [0.1, 0.15) is 48.3 Å². The number of carbonyl (C=O) groups excluding carboxylic acids is 1. The Morgan fingerprint density at radius 2 is 1.73 bits per heavy atom. The summed E-state index contributed by atoms with van der Waals surface area (Å²) in [7, 11) is -0.635. The number of sulfonamides is 1. The second-order valence-corrected chi connectivity index (χ2v) is 9.17. The molecule has 146 valence electrons. The molecule has 3 rings (SSSR count). The molecule has 0 aromatic carbocycles. The average Bonchev–Trinajstić information content (AvgIpc) is 2.98. The second-order valence-electron chi connectivity index (χ2n) is 7.26. The van der Waals surface area contributed by atoms with Crippen molar-refractivity contribution in [3.8, 4) is 0 Å². The van der Waals surface area contributed by atoms with Gasteiger partial charge in [0.25, 0.3) is 0 Å². The summed E-state index contributed by atoms with van der Waals surface area (Å²) >= 11 is 0. The van der Waals surface area contributed by atoms with Gasteiger partial charge in [0.2, 0.25) is 10.0 Å². The van der Waals surface area contributed by atoms with Crippen molar-refractivity contribution in [1.82, 2.24) is 13.8 Å². The summed E-state index contributed by atoms with van der Waals surface area (Å²) in [5.41, 5.74) is 0.810. The number of hydrogen-bond donors (Lipinski definition) is 0. The number of rotatable bonds is 4. The van der Waals surface area contributed by atoms with Gasteiger partial charge in [-0.05, 0) is 25.8 Å². The van der Waals surface area contributed by atoms with Gasteiger partial charge < -0.3 is 9.30 Å². The lowest BCUT2D eigenvalue weighted by Gasteiger charge is -2.40. The minimum Gasteiger partial charge on any atom is -0.464 e. The van der Waals surface area contributed by atoms with E-state index in [0.717, 1.165) is 13.1 Å². The molecule has 0 bridgehead atoms. The van der Waals surface area contributed by atoms with E-state index in [-0.39, 0.29) is 10.6 Å². The zero-order chi connectivity index (χ0) is 18.9. The van der Waals surface area contributed by atoms with Crippen LogP contribution in [0.15, 0.2) is 11.0 Å². The summed E-state index contributed by atoms with van der Waals surface area (Å²) < 4.78 is 34.1. The minimum absolute atomic E-state index is 0.200. The maximum atomic E-state index is 13.1. The van der Waals surface area contributed by atoms with Crippen LogP contribution in [0.25, 0.3) is 0 Å². The molecule has 1 aromatic rings. The van der Waals surface area contributed by atoms with Crippen LogP contribution in [0.3, 0.4) is 0 Å². The van der Waals surface area contributed by atoms with E-state index in [4.69, 9.17) is 4.74 Å². The van der Waals surface area contributed by atoms with Gasteiger partial charge in [0.1, 0.15) is 10.6 Å². The van der Waals surface area contributed by atoms with Crippen molar-refractivity contribution >= 4 is 16.0 Å². The lowest BCUT2D eigenvalue weighted by molar-refractivity contribution is 0.0589. The van der Waals surface area contributed by atoms with Crippen molar-refractivity contribution in [2.24, 2.45) is 7.05 Å². The van der Waals surface area contributed by atoms with E-state index in [9.17, 15) is 13.2 Å². The number of esters is 1. The number of ether oxygens (including phenoxy) is 1. The number of nitrogens with zero attached hydrogens (tertiary/aromatic N) is 3. The fourth-order valence-corrected chi connectivity index (χ4v) is 5.82. The first-order chi connectivity index (χ1) is 12.4. The first-order valence-corrected chi connectivity index (χ1v) is 10.8. The fraction of sp³-hybridized carbons (Fsp3) is 0.722. The number of hydrogen-bond acceptors (Lipinski definition) is 5. The van der Waals surface area contributed by atoms with E-state index in [1.54, 1.807) is 22.8 Å². The normalized spacial score (nSPS) is 21.0. The van der Waals surface area contributed by atoms with Gasteiger partial charge in [0.15, 0.2) is 0 Å². The molecule has 1 saturated carbocycles. The third kappa shape index (κ3) is 3.54. The molecule has 0 N–H and O–H groups in total. The van der Waals surface area contributed by atoms with Gasteiger partial charge in [-0.25, -0.2) is 13.2 Å². The standard InChI is InChI=1S/C18H29N3O4S/c1-14-17(13-16(19(14)2)18(22)25-3)26(23,24)21-11-9-20(10-12-21)15-7-5-4-6-8-15/h13,15H,4-12H2,1-3H3. The molecule has 1 saturated heterocycles. The summed E-state index contributed by atoms with van der Waals surface area (Å²) in [6.07, 6.45) is 6.34. The molecule has 8 heteroatoms. The minimum atomic E-state index is -3.61. The highest BCUT2D eigenvalue weighted by atomic mass is 32.2. The Hall–Kier alpha value is -1.38. The quantitative estimate of drug-likeness (QED) is 0.741. The molecule has 0 atom stereocenters. The molecule has 2 fully saturated rings. The predicted molar refractivity (Wildman–Crippen MR) is 98.7 cm³/mol. The van der Waals surface area contributed by atoms with E-state index < -0.39 is 16.0 Å². The largest absolute Gasteiger partial charge is 0.464 e. The molecular formula is C18H29N3O4S. The molecule has 0 unspecified atom stereocenters. The van der Waals surface area contributed by atoms with E-state index in [2.05, 4.69) is 4.90 Å². The SMILES string of the molecule is COC(=O)c1cc(S(=O)(=O)N2CCN(C3CCCCC3)CC2)c(C)n1C. The zero-order valence-corrected chi connectivity index (χ0v) is 16.7. The molecule has 0 radical (unpaired) electrons. The van der Waals surface area contributed by atoms with Crippen LogP contribution in [0, 0.1) is 6.92 Å². The van der Waals surface area contributed by atoms with Gasteiger partial charge in [0, 0.05) is 45.0 Å². The van der Waals surface area contributed by atoms with Crippen molar-refractivity contribution in [3.63, 3.8) is 0 Å². The topological polar surface area (TPSA) is 71.8 Å². The number of aromatic nitrogens is 1. The van der Waals surface area contributed by atoms with Crippen LogP contribution in [-0.4, -0.2) is 67.5 Å². The monoisotopic (exact) mass is 383 g/mol. The molecule has 26 heavy (non-hydrogen) atoms. The Bertz CT molecular complexity index is 758. The first kappa shape index (κ1) is 19.4. The number of carbonyl (C=O) groups is 1. The van der Waals surface area contributed by atoms with Crippen molar-refractivity contribution in [2.45, 2.75) is 50.0 Å². The van der Waals surface area contributed by atoms with E-state index in [1.807, 2.05) is 0 Å². The molecule has 2 aliphatic rings. The number of piperazine rings is 1. The number of methoxy groups -OCH3 is 1. The molecule has 2 heterocycles. The van der Waals surface area contributed by atoms with Crippen LogP contribution < -0.4 is 0 Å². The van der Waals surface area contributed by atoms with Crippen LogP contribution in [0.2, 0.25) is 0 Å². The van der Waals surface area contributed by atoms with Crippen molar-refractivity contribution in [2.75, 3.05) is 33.3 Å². The summed E-state index contributed by atoms with van der Waals surface area (Å²) in [5.74, 6) is -0.529. The second kappa shape index (κ2) is 7.70. The van der Waals surface area contributed by atoms with Gasteiger partial charge in [-0.3, -0.25) is 4.90 Å². The third-order valence-electron chi connectivity index (χ3n) is 5.87. The molecule has 0 spiro atoms. The molecular weight excluding hydrogens is 354 g/mol. The van der Waals surface area contributed by atoms with Crippen molar-refractivity contribution in [1.29, 1.82) is 0 Å².